The van der Waals surface area contributed by atoms with Crippen molar-refractivity contribution < 1.29 is 15.3 Å². The first-order valence-corrected chi connectivity index (χ1v) is 8.69. The van der Waals surface area contributed by atoms with Gasteiger partial charge in [-0.05, 0) is 80.5 Å². The highest BCUT2D eigenvalue weighted by molar-refractivity contribution is 5.03. The van der Waals surface area contributed by atoms with Crippen molar-refractivity contribution >= 4 is 0 Å². The van der Waals surface area contributed by atoms with E-state index < -0.39 is 0 Å². The molecule has 3 heteroatoms. The molecular formula is C17H28O3. The van der Waals surface area contributed by atoms with E-state index in [2.05, 4.69) is 0 Å². The van der Waals surface area contributed by atoms with Crippen molar-refractivity contribution in [2.75, 3.05) is 0 Å². The molecule has 0 amide bonds. The van der Waals surface area contributed by atoms with Crippen molar-refractivity contribution in [1.29, 1.82) is 0 Å². The smallest absolute Gasteiger partial charge is 0.0575 e. The van der Waals surface area contributed by atoms with Crippen LogP contribution in [0.4, 0.5) is 0 Å². The summed E-state index contributed by atoms with van der Waals surface area (Å²) in [6, 6.07) is 0. The molecule has 0 aromatic carbocycles. The molecule has 9 atom stereocenters. The fourth-order valence-corrected chi connectivity index (χ4v) is 6.45. The molecule has 4 aliphatic carbocycles. The minimum absolute atomic E-state index is 0.105. The maximum atomic E-state index is 10.6. The Balaban J connectivity index is 1.60. The summed E-state index contributed by atoms with van der Waals surface area (Å²) in [5.74, 6) is 3.23. The predicted octanol–water partition coefficient (Wildman–Crippen LogP) is 1.94. The SMILES string of the molecule is OC1CCC2C(C1)C(O)CC1C3CCCC3C(O)CC21. The molecule has 20 heavy (non-hydrogen) atoms. The third kappa shape index (κ3) is 1.97. The molecule has 0 heterocycles. The molecule has 4 rings (SSSR count). The third-order valence-corrected chi connectivity index (χ3v) is 7.22. The summed E-state index contributed by atoms with van der Waals surface area (Å²) in [6.45, 7) is 0. The van der Waals surface area contributed by atoms with E-state index in [9.17, 15) is 15.3 Å². The van der Waals surface area contributed by atoms with Crippen molar-refractivity contribution in [3.63, 3.8) is 0 Å². The second kappa shape index (κ2) is 4.96. The average molecular weight is 280 g/mol. The van der Waals surface area contributed by atoms with E-state index in [1.807, 2.05) is 0 Å². The van der Waals surface area contributed by atoms with Crippen molar-refractivity contribution in [2.45, 2.75) is 69.7 Å². The Hall–Kier alpha value is -0.120. The number of aliphatic hydroxyl groups is 3. The van der Waals surface area contributed by atoms with Crippen LogP contribution in [0.15, 0.2) is 0 Å². The van der Waals surface area contributed by atoms with Crippen molar-refractivity contribution in [3.05, 3.63) is 0 Å². The first kappa shape index (κ1) is 13.5. The van der Waals surface area contributed by atoms with Gasteiger partial charge in [-0.3, -0.25) is 0 Å². The highest BCUT2D eigenvalue weighted by Crippen LogP contribution is 2.57. The zero-order valence-electron chi connectivity index (χ0n) is 12.2. The Kier molecular flexibility index (Phi) is 3.36. The van der Waals surface area contributed by atoms with E-state index in [0.717, 1.165) is 32.1 Å². The molecule has 0 saturated heterocycles. The zero-order chi connectivity index (χ0) is 13.9. The van der Waals surface area contributed by atoms with Crippen LogP contribution in [0.1, 0.15) is 51.4 Å². The Morgan fingerprint density at radius 3 is 1.85 bits per heavy atom. The molecule has 4 fully saturated rings. The van der Waals surface area contributed by atoms with Gasteiger partial charge < -0.3 is 15.3 Å². The molecular weight excluding hydrogens is 252 g/mol. The number of rotatable bonds is 0. The fraction of sp³-hybridized carbons (Fsp3) is 1.00. The van der Waals surface area contributed by atoms with Gasteiger partial charge in [0.1, 0.15) is 0 Å². The zero-order valence-corrected chi connectivity index (χ0v) is 12.2. The molecule has 4 aliphatic rings. The second-order valence-electron chi connectivity index (χ2n) is 7.99. The van der Waals surface area contributed by atoms with Gasteiger partial charge in [-0.2, -0.15) is 0 Å². The quantitative estimate of drug-likeness (QED) is 0.635. The molecule has 3 nitrogen and oxygen atoms in total. The molecule has 3 N–H and O–H groups in total. The van der Waals surface area contributed by atoms with Gasteiger partial charge in [0.15, 0.2) is 0 Å². The largest absolute Gasteiger partial charge is 0.393 e. The first-order chi connectivity index (χ1) is 9.65. The topological polar surface area (TPSA) is 60.7 Å². The first-order valence-electron chi connectivity index (χ1n) is 8.69. The third-order valence-electron chi connectivity index (χ3n) is 7.22. The van der Waals surface area contributed by atoms with Crippen LogP contribution in [0, 0.1) is 35.5 Å². The molecule has 0 radical (unpaired) electrons. The van der Waals surface area contributed by atoms with Crippen LogP contribution < -0.4 is 0 Å². The maximum absolute atomic E-state index is 10.6. The molecule has 9 unspecified atom stereocenters. The lowest BCUT2D eigenvalue weighted by molar-refractivity contribution is -0.132. The van der Waals surface area contributed by atoms with Gasteiger partial charge in [-0.1, -0.05) is 6.42 Å². The summed E-state index contributed by atoms with van der Waals surface area (Å²) in [5.41, 5.74) is 0. The Labute approximate surface area is 121 Å². The van der Waals surface area contributed by atoms with Crippen LogP contribution in [0.25, 0.3) is 0 Å². The van der Waals surface area contributed by atoms with E-state index in [4.69, 9.17) is 0 Å². The number of hydrogen-bond acceptors (Lipinski definition) is 3. The highest BCUT2D eigenvalue weighted by Gasteiger charge is 2.54. The van der Waals surface area contributed by atoms with Crippen LogP contribution in [0.3, 0.4) is 0 Å². The maximum Gasteiger partial charge on any atom is 0.0575 e. The lowest BCUT2D eigenvalue weighted by Crippen LogP contribution is -2.53. The van der Waals surface area contributed by atoms with E-state index in [1.54, 1.807) is 0 Å². The van der Waals surface area contributed by atoms with Gasteiger partial charge in [0, 0.05) is 0 Å². The second-order valence-corrected chi connectivity index (χ2v) is 7.99. The minimum atomic E-state index is -0.215. The summed E-state index contributed by atoms with van der Waals surface area (Å²) < 4.78 is 0. The normalized spacial score (nSPS) is 58.6. The number of hydrogen-bond donors (Lipinski definition) is 3. The highest BCUT2D eigenvalue weighted by atomic mass is 16.3. The molecule has 0 aromatic rings. The Bertz CT molecular complexity index is 371. The fourth-order valence-electron chi connectivity index (χ4n) is 6.45. The summed E-state index contributed by atoms with van der Waals surface area (Å²) >= 11 is 0. The molecule has 114 valence electrons. The van der Waals surface area contributed by atoms with Crippen molar-refractivity contribution in [1.82, 2.24) is 0 Å². The van der Waals surface area contributed by atoms with Gasteiger partial charge in [0.25, 0.3) is 0 Å². The van der Waals surface area contributed by atoms with Crippen molar-refractivity contribution in [3.8, 4) is 0 Å². The van der Waals surface area contributed by atoms with E-state index in [-0.39, 0.29) is 24.2 Å². The number of aliphatic hydroxyl groups excluding tert-OH is 3. The summed E-state index contributed by atoms with van der Waals surface area (Å²) in [4.78, 5) is 0. The van der Waals surface area contributed by atoms with Gasteiger partial charge in [-0.15, -0.1) is 0 Å². The van der Waals surface area contributed by atoms with Crippen LogP contribution in [-0.4, -0.2) is 33.6 Å². The summed E-state index contributed by atoms with van der Waals surface area (Å²) in [6.07, 6.45) is 7.78. The van der Waals surface area contributed by atoms with Crippen LogP contribution in [0.2, 0.25) is 0 Å². The predicted molar refractivity (Wildman–Crippen MR) is 75.9 cm³/mol. The average Bonchev–Trinajstić information content (AvgIpc) is 2.91. The van der Waals surface area contributed by atoms with Crippen molar-refractivity contribution in [2.24, 2.45) is 35.5 Å². The van der Waals surface area contributed by atoms with Gasteiger partial charge >= 0.3 is 0 Å². The van der Waals surface area contributed by atoms with Gasteiger partial charge in [0.2, 0.25) is 0 Å². The molecule has 0 aliphatic heterocycles. The van der Waals surface area contributed by atoms with E-state index in [1.165, 1.54) is 19.3 Å². The van der Waals surface area contributed by atoms with E-state index in [0.29, 0.717) is 29.6 Å². The van der Waals surface area contributed by atoms with Gasteiger partial charge in [-0.25, -0.2) is 0 Å². The summed E-state index contributed by atoms with van der Waals surface area (Å²) in [7, 11) is 0. The number of fused-ring (bicyclic) bond motifs is 5. The van der Waals surface area contributed by atoms with Gasteiger partial charge in [0.05, 0.1) is 18.3 Å². The monoisotopic (exact) mass is 280 g/mol. The van der Waals surface area contributed by atoms with E-state index >= 15 is 0 Å². The molecule has 0 bridgehead atoms. The van der Waals surface area contributed by atoms with Crippen LogP contribution in [0.5, 0.6) is 0 Å². The molecule has 0 aromatic heterocycles. The molecule has 0 spiro atoms. The lowest BCUT2D eigenvalue weighted by Gasteiger charge is -2.55. The van der Waals surface area contributed by atoms with Crippen LogP contribution >= 0.6 is 0 Å². The Morgan fingerprint density at radius 2 is 1.10 bits per heavy atom. The van der Waals surface area contributed by atoms with Crippen LogP contribution in [-0.2, 0) is 0 Å². The Morgan fingerprint density at radius 1 is 0.500 bits per heavy atom. The summed E-state index contributed by atoms with van der Waals surface area (Å²) in [5, 5.41) is 31.0. The lowest BCUT2D eigenvalue weighted by atomic mass is 9.52. The minimum Gasteiger partial charge on any atom is -0.393 e. The standard InChI is InChI=1S/C17H28O3/c18-9-4-5-11-14-7-16(19)12-3-1-2-10(12)13(14)8-17(20)15(11)6-9/h9-20H,1-8H2. The molecule has 4 saturated carbocycles.